The third-order valence-electron chi connectivity index (χ3n) is 1.53. The van der Waals surface area contributed by atoms with E-state index in [1.54, 1.807) is 5.32 Å². The number of hydrogen-bond acceptors (Lipinski definition) is 4. The molecule has 0 saturated carbocycles. The van der Waals surface area contributed by atoms with E-state index >= 15 is 0 Å². The molecule has 6 heteroatoms. The molecule has 6 nitrogen and oxygen atoms in total. The zero-order valence-electron chi connectivity index (χ0n) is 8.11. The van der Waals surface area contributed by atoms with E-state index in [9.17, 15) is 19.5 Å². The highest BCUT2D eigenvalue weighted by Gasteiger charge is 2.44. The maximum atomic E-state index is 11.1. The molecule has 1 atom stereocenters. The van der Waals surface area contributed by atoms with E-state index in [1.165, 1.54) is 6.92 Å². The molecule has 15 heavy (non-hydrogen) atoms. The van der Waals surface area contributed by atoms with Crippen LogP contribution in [0.15, 0.2) is 24.8 Å². The summed E-state index contributed by atoms with van der Waals surface area (Å²) >= 11 is 0. The van der Waals surface area contributed by atoms with E-state index in [4.69, 9.17) is 5.11 Å². The topological polar surface area (TPSA) is 104 Å². The SMILES string of the molecule is C=CC(=O)C(O)(NC(=O)C(=C)C)C(=O)O. The molecular formula is C9H11NO5. The Hall–Kier alpha value is -1.95. The number of aliphatic hydroxyl groups is 1. The smallest absolute Gasteiger partial charge is 0.365 e. The summed E-state index contributed by atoms with van der Waals surface area (Å²) in [5.74, 6) is -4.05. The highest BCUT2D eigenvalue weighted by atomic mass is 16.4. The molecule has 3 N–H and O–H groups in total. The fourth-order valence-electron chi connectivity index (χ4n) is 0.639. The lowest BCUT2D eigenvalue weighted by molar-refractivity contribution is -0.169. The van der Waals surface area contributed by atoms with Crippen molar-refractivity contribution < 1.29 is 24.6 Å². The standard InChI is InChI=1S/C9H11NO5/c1-4-6(11)9(15,8(13)14)10-7(12)5(2)3/h4,15H,1-2H2,3H3,(H,10,12)(H,13,14). The fraction of sp³-hybridized carbons (Fsp3) is 0.222. The van der Waals surface area contributed by atoms with Crippen molar-refractivity contribution in [2.75, 3.05) is 0 Å². The second-order valence-corrected chi connectivity index (χ2v) is 2.82. The maximum Gasteiger partial charge on any atom is 0.365 e. The largest absolute Gasteiger partial charge is 0.477 e. The fourth-order valence-corrected chi connectivity index (χ4v) is 0.639. The van der Waals surface area contributed by atoms with Crippen molar-refractivity contribution in [2.45, 2.75) is 12.6 Å². The number of ketones is 1. The summed E-state index contributed by atoms with van der Waals surface area (Å²) in [5.41, 5.74) is -3.02. The molecule has 1 unspecified atom stereocenters. The molecule has 0 bridgehead atoms. The van der Waals surface area contributed by atoms with Gasteiger partial charge in [0, 0.05) is 5.57 Å². The highest BCUT2D eigenvalue weighted by Crippen LogP contribution is 2.05. The van der Waals surface area contributed by atoms with Crippen molar-refractivity contribution in [1.29, 1.82) is 0 Å². The molecule has 82 valence electrons. The number of carboxylic acid groups (broad SMARTS) is 1. The van der Waals surface area contributed by atoms with Gasteiger partial charge in [-0.3, -0.25) is 9.59 Å². The van der Waals surface area contributed by atoms with Gasteiger partial charge in [0.05, 0.1) is 0 Å². The zero-order chi connectivity index (χ0) is 12.2. The number of nitrogens with one attached hydrogen (secondary N) is 1. The van der Waals surface area contributed by atoms with Gasteiger partial charge in [0.2, 0.25) is 11.7 Å². The number of carbonyl (C=O) groups is 3. The van der Waals surface area contributed by atoms with Crippen LogP contribution in [0.5, 0.6) is 0 Å². The van der Waals surface area contributed by atoms with Crippen LogP contribution in [0.2, 0.25) is 0 Å². The first-order valence-electron chi connectivity index (χ1n) is 3.86. The van der Waals surface area contributed by atoms with E-state index in [1.807, 2.05) is 0 Å². The van der Waals surface area contributed by atoms with Crippen molar-refractivity contribution >= 4 is 17.7 Å². The molecule has 0 radical (unpaired) electrons. The molecule has 0 aliphatic rings. The van der Waals surface area contributed by atoms with Gasteiger partial charge < -0.3 is 15.5 Å². The van der Waals surface area contributed by atoms with Gasteiger partial charge in [0.25, 0.3) is 0 Å². The Bertz CT molecular complexity index is 346. The van der Waals surface area contributed by atoms with Crippen LogP contribution in [0, 0.1) is 0 Å². The Morgan fingerprint density at radius 1 is 1.40 bits per heavy atom. The minimum Gasteiger partial charge on any atom is -0.477 e. The molecule has 0 heterocycles. The van der Waals surface area contributed by atoms with Gasteiger partial charge >= 0.3 is 11.7 Å². The first-order chi connectivity index (χ1) is 6.75. The van der Waals surface area contributed by atoms with Crippen molar-refractivity contribution in [1.82, 2.24) is 5.32 Å². The van der Waals surface area contributed by atoms with Crippen LogP contribution in [0.25, 0.3) is 0 Å². The molecule has 0 spiro atoms. The molecule has 0 aromatic heterocycles. The van der Waals surface area contributed by atoms with Crippen LogP contribution >= 0.6 is 0 Å². The molecule has 0 aliphatic carbocycles. The number of carboxylic acids is 1. The molecule has 0 aromatic rings. The molecular weight excluding hydrogens is 202 g/mol. The first-order valence-corrected chi connectivity index (χ1v) is 3.86. The third kappa shape index (κ3) is 2.75. The minimum atomic E-state index is -2.99. The van der Waals surface area contributed by atoms with Crippen LogP contribution in [0.1, 0.15) is 6.92 Å². The molecule has 0 rings (SSSR count). The summed E-state index contributed by atoms with van der Waals surface area (Å²) < 4.78 is 0. The molecule has 0 fully saturated rings. The summed E-state index contributed by atoms with van der Waals surface area (Å²) in [6.07, 6.45) is 0.604. The van der Waals surface area contributed by atoms with Gasteiger partial charge in [-0.05, 0) is 13.0 Å². The van der Waals surface area contributed by atoms with Crippen LogP contribution in [0.4, 0.5) is 0 Å². The van der Waals surface area contributed by atoms with Gasteiger partial charge in [-0.1, -0.05) is 13.2 Å². The first kappa shape index (κ1) is 13.1. The van der Waals surface area contributed by atoms with E-state index in [2.05, 4.69) is 13.2 Å². The Kier molecular flexibility index (Phi) is 3.93. The highest BCUT2D eigenvalue weighted by molar-refractivity contribution is 6.14. The summed E-state index contributed by atoms with van der Waals surface area (Å²) in [7, 11) is 0. The van der Waals surface area contributed by atoms with Gasteiger partial charge in [0.15, 0.2) is 0 Å². The summed E-state index contributed by atoms with van der Waals surface area (Å²) in [6.45, 7) is 7.55. The van der Waals surface area contributed by atoms with E-state index in [0.717, 1.165) is 0 Å². The Labute approximate surface area is 85.9 Å². The normalized spacial score (nSPS) is 13.5. The predicted molar refractivity (Wildman–Crippen MR) is 50.7 cm³/mol. The summed E-state index contributed by atoms with van der Waals surface area (Å²) in [5, 5.41) is 19.6. The molecule has 0 aromatic carbocycles. The number of aliphatic carboxylic acids is 1. The summed E-state index contributed by atoms with van der Waals surface area (Å²) in [4.78, 5) is 32.7. The average Bonchev–Trinajstić information content (AvgIpc) is 2.15. The Balaban J connectivity index is 5.07. The lowest BCUT2D eigenvalue weighted by Gasteiger charge is -2.21. The van der Waals surface area contributed by atoms with Gasteiger partial charge in [-0.2, -0.15) is 0 Å². The van der Waals surface area contributed by atoms with Gasteiger partial charge in [-0.15, -0.1) is 0 Å². The molecule has 0 saturated heterocycles. The second-order valence-electron chi connectivity index (χ2n) is 2.82. The lowest BCUT2D eigenvalue weighted by atomic mass is 10.1. The van der Waals surface area contributed by atoms with E-state index in [-0.39, 0.29) is 5.57 Å². The Morgan fingerprint density at radius 3 is 2.13 bits per heavy atom. The number of amides is 1. The van der Waals surface area contributed by atoms with Crippen LogP contribution in [-0.4, -0.2) is 33.6 Å². The second kappa shape index (κ2) is 4.52. The van der Waals surface area contributed by atoms with Crippen molar-refractivity contribution in [3.63, 3.8) is 0 Å². The van der Waals surface area contributed by atoms with Crippen molar-refractivity contribution in [3.05, 3.63) is 24.8 Å². The van der Waals surface area contributed by atoms with Crippen molar-refractivity contribution in [3.8, 4) is 0 Å². The quantitative estimate of drug-likeness (QED) is 0.315. The molecule has 1 amide bonds. The lowest BCUT2D eigenvalue weighted by Crippen LogP contribution is -2.59. The van der Waals surface area contributed by atoms with Gasteiger partial charge in [0.1, 0.15) is 0 Å². The van der Waals surface area contributed by atoms with E-state index in [0.29, 0.717) is 6.08 Å². The number of rotatable bonds is 5. The third-order valence-corrected chi connectivity index (χ3v) is 1.53. The zero-order valence-corrected chi connectivity index (χ0v) is 8.11. The Morgan fingerprint density at radius 2 is 1.87 bits per heavy atom. The van der Waals surface area contributed by atoms with Crippen LogP contribution < -0.4 is 5.32 Å². The van der Waals surface area contributed by atoms with Gasteiger partial charge in [-0.25, -0.2) is 4.79 Å². The number of carbonyl (C=O) groups excluding carboxylic acids is 2. The van der Waals surface area contributed by atoms with Crippen molar-refractivity contribution in [2.24, 2.45) is 0 Å². The minimum absolute atomic E-state index is 0.0356. The molecule has 0 aliphatic heterocycles. The van der Waals surface area contributed by atoms with Crippen LogP contribution in [-0.2, 0) is 14.4 Å². The maximum absolute atomic E-state index is 11.1. The van der Waals surface area contributed by atoms with E-state index < -0.39 is 23.4 Å². The predicted octanol–water partition coefficient (Wildman–Crippen LogP) is -0.793. The van der Waals surface area contributed by atoms with Crippen LogP contribution in [0.3, 0.4) is 0 Å². The summed E-state index contributed by atoms with van der Waals surface area (Å²) in [6, 6.07) is 0. The number of hydrogen-bond donors (Lipinski definition) is 3. The average molecular weight is 213 g/mol. The monoisotopic (exact) mass is 213 g/mol.